The lowest BCUT2D eigenvalue weighted by Crippen LogP contribution is -2.37. The number of aliphatic carboxylic acids is 1. The molecule has 18 heavy (non-hydrogen) atoms. The second-order valence-corrected chi connectivity index (χ2v) is 5.95. The molecule has 2 fully saturated rings. The molecule has 0 aromatic rings. The highest BCUT2D eigenvalue weighted by atomic mass is 16.4. The third-order valence-electron chi connectivity index (χ3n) is 4.73. The average Bonchev–Trinajstić information content (AvgIpc) is 2.89. The molecule has 2 bridgehead atoms. The highest BCUT2D eigenvalue weighted by Gasteiger charge is 2.41. The number of fused-ring (bicyclic) bond motifs is 2. The maximum atomic E-state index is 11.4. The minimum atomic E-state index is -1.06. The molecule has 5 atom stereocenters. The van der Waals surface area contributed by atoms with E-state index in [2.05, 4.69) is 0 Å². The van der Waals surface area contributed by atoms with Crippen molar-refractivity contribution < 1.29 is 14.7 Å². The van der Waals surface area contributed by atoms with Crippen LogP contribution in [0.1, 0.15) is 38.5 Å². The average molecular weight is 254 g/mol. The number of amides is 1. The molecule has 102 valence electrons. The van der Waals surface area contributed by atoms with Gasteiger partial charge in [-0.25, -0.2) is 0 Å². The summed E-state index contributed by atoms with van der Waals surface area (Å²) in [5.74, 6) is 0.228. The number of carbonyl (C=O) groups excluding carboxylic acids is 1. The van der Waals surface area contributed by atoms with Crippen molar-refractivity contribution in [2.24, 2.45) is 35.1 Å². The van der Waals surface area contributed by atoms with Gasteiger partial charge in [0.15, 0.2) is 0 Å². The molecule has 0 spiro atoms. The number of carbonyl (C=O) groups is 2. The number of carboxylic acids is 1. The van der Waals surface area contributed by atoms with Crippen molar-refractivity contribution in [1.29, 1.82) is 0 Å². The van der Waals surface area contributed by atoms with E-state index >= 15 is 0 Å². The molecule has 2 saturated carbocycles. The van der Waals surface area contributed by atoms with Gasteiger partial charge in [0.2, 0.25) is 5.91 Å². The summed E-state index contributed by atoms with van der Waals surface area (Å²) in [5, 5.41) is 8.80. The van der Waals surface area contributed by atoms with Crippen LogP contribution in [-0.4, -0.2) is 23.0 Å². The van der Waals surface area contributed by atoms with Crippen LogP contribution >= 0.6 is 0 Å². The van der Waals surface area contributed by atoms with Crippen LogP contribution in [0.25, 0.3) is 0 Å². The predicted octanol–water partition coefficient (Wildman–Crippen LogP) is 0.716. The Morgan fingerprint density at radius 3 is 2.44 bits per heavy atom. The van der Waals surface area contributed by atoms with E-state index in [1.165, 1.54) is 25.7 Å². The van der Waals surface area contributed by atoms with E-state index < -0.39 is 17.9 Å². The minimum Gasteiger partial charge on any atom is -0.480 e. The van der Waals surface area contributed by atoms with E-state index in [1.807, 2.05) is 0 Å². The predicted molar refractivity (Wildman–Crippen MR) is 66.5 cm³/mol. The summed E-state index contributed by atoms with van der Waals surface area (Å²) in [6, 6.07) is -0.985. The number of primary amides is 1. The van der Waals surface area contributed by atoms with Gasteiger partial charge in [-0.2, -0.15) is 0 Å². The van der Waals surface area contributed by atoms with Gasteiger partial charge in [0.05, 0.1) is 0 Å². The summed E-state index contributed by atoms with van der Waals surface area (Å²) in [5.41, 5.74) is 10.9. The van der Waals surface area contributed by atoms with Gasteiger partial charge in [-0.05, 0) is 49.9 Å². The summed E-state index contributed by atoms with van der Waals surface area (Å²) in [6.07, 6.45) is 5.91. The highest BCUT2D eigenvalue weighted by Crippen LogP contribution is 2.50. The largest absolute Gasteiger partial charge is 0.480 e. The first-order valence-electron chi connectivity index (χ1n) is 6.75. The van der Waals surface area contributed by atoms with Crippen LogP contribution in [0.3, 0.4) is 0 Å². The second-order valence-electron chi connectivity index (χ2n) is 5.95. The van der Waals surface area contributed by atoms with Crippen LogP contribution in [0.4, 0.5) is 0 Å². The topological polar surface area (TPSA) is 106 Å². The lowest BCUT2D eigenvalue weighted by Gasteiger charge is -2.25. The molecule has 0 aliphatic heterocycles. The van der Waals surface area contributed by atoms with Gasteiger partial charge in [0.25, 0.3) is 0 Å². The normalized spacial score (nSPS) is 33.3. The minimum absolute atomic E-state index is 0.165. The lowest BCUT2D eigenvalue weighted by atomic mass is 9.80. The zero-order valence-electron chi connectivity index (χ0n) is 10.5. The van der Waals surface area contributed by atoms with E-state index in [4.69, 9.17) is 16.6 Å². The van der Waals surface area contributed by atoms with Crippen molar-refractivity contribution in [3.05, 3.63) is 0 Å². The molecule has 2 rings (SSSR count). The monoisotopic (exact) mass is 254 g/mol. The summed E-state index contributed by atoms with van der Waals surface area (Å²) in [4.78, 5) is 22.2. The van der Waals surface area contributed by atoms with E-state index in [1.54, 1.807) is 0 Å². The number of carboxylic acid groups (broad SMARTS) is 1. The third kappa shape index (κ3) is 2.83. The first kappa shape index (κ1) is 13.3. The molecule has 0 heterocycles. The Morgan fingerprint density at radius 2 is 2.00 bits per heavy atom. The highest BCUT2D eigenvalue weighted by molar-refractivity contribution is 5.79. The molecule has 5 heteroatoms. The number of rotatable bonds is 6. The first-order valence-corrected chi connectivity index (χ1v) is 6.75. The Labute approximate surface area is 107 Å². The summed E-state index contributed by atoms with van der Waals surface area (Å²) < 4.78 is 0. The van der Waals surface area contributed by atoms with Crippen molar-refractivity contribution in [2.45, 2.75) is 44.6 Å². The van der Waals surface area contributed by atoms with Gasteiger partial charge >= 0.3 is 5.97 Å². The van der Waals surface area contributed by atoms with Gasteiger partial charge in [0, 0.05) is 5.92 Å². The smallest absolute Gasteiger partial charge is 0.320 e. The van der Waals surface area contributed by atoms with Crippen molar-refractivity contribution in [2.75, 3.05) is 0 Å². The van der Waals surface area contributed by atoms with Crippen molar-refractivity contribution >= 4 is 11.9 Å². The van der Waals surface area contributed by atoms with Crippen molar-refractivity contribution in [3.8, 4) is 0 Å². The quantitative estimate of drug-likeness (QED) is 0.649. The molecule has 2 aliphatic rings. The van der Waals surface area contributed by atoms with Crippen LogP contribution in [-0.2, 0) is 9.59 Å². The fourth-order valence-electron chi connectivity index (χ4n) is 3.77. The van der Waals surface area contributed by atoms with Gasteiger partial charge < -0.3 is 16.6 Å². The molecule has 2 aliphatic carbocycles. The molecule has 4 unspecified atom stereocenters. The number of nitrogens with two attached hydrogens (primary N) is 2. The number of hydrogen-bond donors (Lipinski definition) is 3. The standard InChI is InChI=1S/C13H22N2O3/c14-11(13(17)18)6-10(12(15)16)5-9-4-7-1-2-8(9)3-7/h7-11H,1-6,14H2,(H2,15,16)(H,17,18)/t7?,8?,9?,10?,11-/m0/s1. The zero-order chi connectivity index (χ0) is 13.3. The van der Waals surface area contributed by atoms with E-state index in [9.17, 15) is 9.59 Å². The second kappa shape index (κ2) is 5.26. The van der Waals surface area contributed by atoms with Crippen LogP contribution in [0.15, 0.2) is 0 Å². The van der Waals surface area contributed by atoms with Crippen molar-refractivity contribution in [1.82, 2.24) is 0 Å². The maximum absolute atomic E-state index is 11.4. The van der Waals surface area contributed by atoms with Gasteiger partial charge in [0.1, 0.15) is 6.04 Å². The van der Waals surface area contributed by atoms with Gasteiger partial charge in [-0.1, -0.05) is 6.42 Å². The Morgan fingerprint density at radius 1 is 1.28 bits per heavy atom. The number of hydrogen-bond acceptors (Lipinski definition) is 3. The van der Waals surface area contributed by atoms with Gasteiger partial charge in [-0.3, -0.25) is 9.59 Å². The molecule has 0 aromatic heterocycles. The molecule has 0 aromatic carbocycles. The summed E-state index contributed by atoms with van der Waals surface area (Å²) in [7, 11) is 0. The lowest BCUT2D eigenvalue weighted by molar-refractivity contribution is -0.139. The third-order valence-corrected chi connectivity index (χ3v) is 4.73. The maximum Gasteiger partial charge on any atom is 0.320 e. The first-order chi connectivity index (χ1) is 8.47. The Balaban J connectivity index is 1.90. The zero-order valence-corrected chi connectivity index (χ0v) is 10.5. The Bertz CT molecular complexity index is 345. The summed E-state index contributed by atoms with van der Waals surface area (Å²) in [6.45, 7) is 0. The van der Waals surface area contributed by atoms with Crippen LogP contribution in [0.5, 0.6) is 0 Å². The van der Waals surface area contributed by atoms with Gasteiger partial charge in [-0.15, -0.1) is 0 Å². The molecular formula is C13H22N2O3. The fourth-order valence-corrected chi connectivity index (χ4v) is 3.77. The van der Waals surface area contributed by atoms with Crippen LogP contribution < -0.4 is 11.5 Å². The molecule has 0 saturated heterocycles. The molecule has 5 nitrogen and oxygen atoms in total. The van der Waals surface area contributed by atoms with E-state index in [0.29, 0.717) is 5.92 Å². The van der Waals surface area contributed by atoms with Crippen LogP contribution in [0, 0.1) is 23.7 Å². The SMILES string of the molecule is NC(=O)C(CC1CC2CCC1C2)C[C@H](N)C(=O)O. The van der Waals surface area contributed by atoms with E-state index in [0.717, 1.165) is 18.3 Å². The van der Waals surface area contributed by atoms with Crippen LogP contribution in [0.2, 0.25) is 0 Å². The Hall–Kier alpha value is -1.10. The molecule has 5 N–H and O–H groups in total. The van der Waals surface area contributed by atoms with Crippen molar-refractivity contribution in [3.63, 3.8) is 0 Å². The Kier molecular flexibility index (Phi) is 3.90. The molecule has 0 radical (unpaired) electrons. The fraction of sp³-hybridized carbons (Fsp3) is 0.846. The summed E-state index contributed by atoms with van der Waals surface area (Å²) >= 11 is 0. The molecule has 1 amide bonds. The molecular weight excluding hydrogens is 232 g/mol. The van der Waals surface area contributed by atoms with E-state index in [-0.39, 0.29) is 12.3 Å².